The van der Waals surface area contributed by atoms with E-state index in [0.717, 1.165) is 16.3 Å². The average Bonchev–Trinajstić information content (AvgIpc) is 3.04. The summed E-state index contributed by atoms with van der Waals surface area (Å²) in [5.41, 5.74) is 2.19. The van der Waals surface area contributed by atoms with E-state index in [1.165, 1.54) is 7.11 Å². The molecule has 0 aliphatic carbocycles. The van der Waals surface area contributed by atoms with E-state index in [2.05, 4.69) is 5.32 Å². The number of esters is 1. The quantitative estimate of drug-likeness (QED) is 0.176. The van der Waals surface area contributed by atoms with E-state index in [-0.39, 0.29) is 30.5 Å². The van der Waals surface area contributed by atoms with Crippen molar-refractivity contribution in [2.75, 3.05) is 19.0 Å². The second-order valence-electron chi connectivity index (χ2n) is 10.4. The first-order valence-corrected chi connectivity index (χ1v) is 14.7. The van der Waals surface area contributed by atoms with Gasteiger partial charge in [0, 0.05) is 24.9 Å². The van der Waals surface area contributed by atoms with Gasteiger partial charge in [0.25, 0.3) is 5.56 Å². The second kappa shape index (κ2) is 13.8. The number of ether oxygens (including phenoxy) is 1. The minimum absolute atomic E-state index is 0.172. The van der Waals surface area contributed by atoms with Crippen LogP contribution < -0.4 is 10.9 Å². The highest BCUT2D eigenvalue weighted by Crippen LogP contribution is 2.28. The van der Waals surface area contributed by atoms with Crippen LogP contribution in [-0.2, 0) is 22.5 Å². The number of amides is 2. The maximum Gasteiger partial charge on any atom is 0.322 e. The normalized spacial score (nSPS) is 11.8. The number of anilines is 1. The molecule has 8 nitrogen and oxygen atoms in total. The van der Waals surface area contributed by atoms with Gasteiger partial charge in [-0.3, -0.25) is 14.2 Å². The van der Waals surface area contributed by atoms with Crippen molar-refractivity contribution in [3.63, 3.8) is 0 Å². The first kappa shape index (κ1) is 29.5. The molecule has 0 saturated heterocycles. The molecule has 0 bridgehead atoms. The molecule has 220 valence electrons. The Morgan fingerprint density at radius 1 is 0.907 bits per heavy atom. The number of nitrogens with zero attached hydrogens (tertiary/aromatic N) is 3. The van der Waals surface area contributed by atoms with E-state index in [1.807, 2.05) is 97.9 Å². The Hall–Kier alpha value is -4.98. The van der Waals surface area contributed by atoms with Crippen molar-refractivity contribution >= 4 is 39.4 Å². The summed E-state index contributed by atoms with van der Waals surface area (Å²) in [6.45, 7) is 2.67. The number of methoxy groups -OCH3 is 1. The van der Waals surface area contributed by atoms with E-state index in [4.69, 9.17) is 9.72 Å². The van der Waals surface area contributed by atoms with Crippen molar-refractivity contribution in [1.29, 1.82) is 0 Å². The lowest BCUT2D eigenvalue weighted by molar-refractivity contribution is -0.140. The molecule has 4 aromatic carbocycles. The number of hydrogen-bond acceptors (Lipinski definition) is 5. The summed E-state index contributed by atoms with van der Waals surface area (Å²) in [4.78, 5) is 46.6. The highest BCUT2D eigenvalue weighted by atomic mass is 16.5. The predicted molar refractivity (Wildman–Crippen MR) is 170 cm³/mol. The molecule has 0 radical (unpaired) electrons. The largest absolute Gasteiger partial charge is 0.469 e. The molecule has 1 aromatic heterocycles. The third-order valence-electron chi connectivity index (χ3n) is 7.72. The van der Waals surface area contributed by atoms with Gasteiger partial charge >= 0.3 is 12.0 Å². The van der Waals surface area contributed by atoms with Crippen LogP contribution in [0.2, 0.25) is 0 Å². The molecule has 5 aromatic rings. The van der Waals surface area contributed by atoms with Gasteiger partial charge in [0.2, 0.25) is 0 Å². The van der Waals surface area contributed by atoms with Crippen molar-refractivity contribution in [2.24, 2.45) is 0 Å². The lowest BCUT2D eigenvalue weighted by Gasteiger charge is -2.32. The molecule has 43 heavy (non-hydrogen) atoms. The van der Waals surface area contributed by atoms with Gasteiger partial charge in [-0.2, -0.15) is 0 Å². The molecule has 1 N–H and O–H groups in total. The summed E-state index contributed by atoms with van der Waals surface area (Å²) in [6.07, 6.45) is 1.73. The molecule has 0 aliphatic heterocycles. The molecular formula is C35H36N4O4. The van der Waals surface area contributed by atoms with Crippen LogP contribution in [0.15, 0.2) is 102 Å². The number of para-hydroxylation sites is 1. The van der Waals surface area contributed by atoms with Gasteiger partial charge in [-0.1, -0.05) is 85.8 Å². The van der Waals surface area contributed by atoms with Crippen molar-refractivity contribution in [3.8, 4) is 0 Å². The summed E-state index contributed by atoms with van der Waals surface area (Å²) in [5.74, 6) is 0.159. The zero-order valence-electron chi connectivity index (χ0n) is 24.5. The van der Waals surface area contributed by atoms with Crippen LogP contribution in [0.4, 0.5) is 10.5 Å². The van der Waals surface area contributed by atoms with Gasteiger partial charge in [0.15, 0.2) is 0 Å². The molecule has 0 spiro atoms. The Kier molecular flexibility index (Phi) is 9.46. The molecule has 5 rings (SSSR count). The highest BCUT2D eigenvalue weighted by molar-refractivity contribution is 6.01. The summed E-state index contributed by atoms with van der Waals surface area (Å²) < 4.78 is 6.44. The predicted octanol–water partition coefficient (Wildman–Crippen LogP) is 6.73. The van der Waals surface area contributed by atoms with Gasteiger partial charge in [-0.05, 0) is 48.4 Å². The minimum Gasteiger partial charge on any atom is -0.469 e. The SMILES string of the molecule is CCC(c1nc2ccccc2c(=O)n1CCCC(=O)OC)N(CCc1ccccc1)C(=O)Nc1cccc2ccccc12. The third kappa shape index (κ3) is 6.75. The maximum atomic E-state index is 14.2. The van der Waals surface area contributed by atoms with E-state index in [9.17, 15) is 14.4 Å². The van der Waals surface area contributed by atoms with Crippen LogP contribution in [0.5, 0.6) is 0 Å². The van der Waals surface area contributed by atoms with Gasteiger partial charge < -0.3 is 15.0 Å². The number of hydrogen-bond donors (Lipinski definition) is 1. The first-order valence-electron chi connectivity index (χ1n) is 14.7. The summed E-state index contributed by atoms with van der Waals surface area (Å²) >= 11 is 0. The Bertz CT molecular complexity index is 1780. The smallest absolute Gasteiger partial charge is 0.322 e. The number of carbonyl (C=O) groups is 2. The molecule has 8 heteroatoms. The van der Waals surface area contributed by atoms with Crippen LogP contribution in [0.1, 0.15) is 43.6 Å². The van der Waals surface area contributed by atoms with E-state index in [0.29, 0.717) is 48.2 Å². The zero-order chi connectivity index (χ0) is 30.2. The molecule has 1 heterocycles. The van der Waals surface area contributed by atoms with Crippen LogP contribution in [0.25, 0.3) is 21.7 Å². The van der Waals surface area contributed by atoms with Crippen LogP contribution in [0, 0.1) is 0 Å². The van der Waals surface area contributed by atoms with Crippen LogP contribution in [-0.4, -0.2) is 40.1 Å². The highest BCUT2D eigenvalue weighted by Gasteiger charge is 2.29. The lowest BCUT2D eigenvalue weighted by Crippen LogP contribution is -2.42. The van der Waals surface area contributed by atoms with Gasteiger partial charge in [0.1, 0.15) is 5.82 Å². The van der Waals surface area contributed by atoms with Crippen molar-refractivity contribution in [1.82, 2.24) is 14.5 Å². The Labute approximate surface area is 250 Å². The average molecular weight is 577 g/mol. The zero-order valence-corrected chi connectivity index (χ0v) is 24.5. The molecule has 0 saturated carbocycles. The Balaban J connectivity index is 1.56. The van der Waals surface area contributed by atoms with E-state index >= 15 is 0 Å². The lowest BCUT2D eigenvalue weighted by atomic mass is 10.1. The fraction of sp³-hybridized carbons (Fsp3) is 0.257. The molecule has 0 fully saturated rings. The van der Waals surface area contributed by atoms with Crippen molar-refractivity contribution < 1.29 is 14.3 Å². The van der Waals surface area contributed by atoms with Gasteiger partial charge in [-0.25, -0.2) is 9.78 Å². The summed E-state index contributed by atoms with van der Waals surface area (Å²) in [5, 5.41) is 5.62. The van der Waals surface area contributed by atoms with E-state index in [1.54, 1.807) is 15.5 Å². The summed E-state index contributed by atoms with van der Waals surface area (Å²) in [6, 6.07) is 30.2. The summed E-state index contributed by atoms with van der Waals surface area (Å²) in [7, 11) is 1.35. The molecule has 2 amide bonds. The Morgan fingerprint density at radius 2 is 1.60 bits per heavy atom. The van der Waals surface area contributed by atoms with Crippen LogP contribution in [0.3, 0.4) is 0 Å². The van der Waals surface area contributed by atoms with Crippen LogP contribution >= 0.6 is 0 Å². The first-order chi connectivity index (χ1) is 21.0. The van der Waals surface area contributed by atoms with E-state index < -0.39 is 6.04 Å². The van der Waals surface area contributed by atoms with Gasteiger partial charge in [-0.15, -0.1) is 0 Å². The number of carbonyl (C=O) groups excluding carboxylic acids is 2. The number of aromatic nitrogens is 2. The number of urea groups is 1. The van der Waals surface area contributed by atoms with Crippen molar-refractivity contribution in [2.45, 2.75) is 45.2 Å². The monoisotopic (exact) mass is 576 g/mol. The van der Waals surface area contributed by atoms with Gasteiger partial charge in [0.05, 0.1) is 29.7 Å². The molecule has 0 aliphatic rings. The topological polar surface area (TPSA) is 93.5 Å². The minimum atomic E-state index is -0.505. The third-order valence-corrected chi connectivity index (χ3v) is 7.72. The number of fused-ring (bicyclic) bond motifs is 2. The van der Waals surface area contributed by atoms with Crippen molar-refractivity contribution in [3.05, 3.63) is 119 Å². The molecular weight excluding hydrogens is 540 g/mol. The number of nitrogens with one attached hydrogen (secondary N) is 1. The fourth-order valence-corrected chi connectivity index (χ4v) is 5.50. The molecule has 1 unspecified atom stereocenters. The Morgan fingerprint density at radius 3 is 2.37 bits per heavy atom. The fourth-order valence-electron chi connectivity index (χ4n) is 5.50. The molecule has 1 atom stereocenters. The number of benzene rings is 4. The number of rotatable bonds is 11. The maximum absolute atomic E-state index is 14.2. The standard InChI is InChI=1S/C35H36N4O4/c1-3-31(33-36-30-19-10-9-18-28(30)34(41)39(33)23-12-21-32(40)43-2)38(24-22-25-13-5-4-6-14-25)35(42)37-29-20-11-16-26-15-7-8-17-27(26)29/h4-11,13-20,31H,3,12,21-24H2,1-2H3,(H,37,42). The second-order valence-corrected chi connectivity index (χ2v) is 10.4.